The molecule has 4 nitrogen and oxygen atoms in total. The molecule has 2 N–H and O–H groups in total. The van der Waals surface area contributed by atoms with Gasteiger partial charge in [0.05, 0.1) is 0 Å². The van der Waals surface area contributed by atoms with Gasteiger partial charge in [-0.1, -0.05) is 12.8 Å². The fourth-order valence-electron chi connectivity index (χ4n) is 3.70. The Morgan fingerprint density at radius 1 is 1.05 bits per heavy atom. The molecule has 1 heterocycles. The van der Waals surface area contributed by atoms with Gasteiger partial charge >= 0.3 is 0 Å². The molecule has 1 aromatic rings. The van der Waals surface area contributed by atoms with E-state index < -0.39 is 0 Å². The fourth-order valence-corrected chi connectivity index (χ4v) is 3.70. The SMILES string of the molecule is O=C(c1ccc(O)c(O)c1)N1CCCC2CCCCC21. The smallest absolute Gasteiger partial charge is 0.254 e. The Kier molecular flexibility index (Phi) is 3.55. The first-order valence-electron chi connectivity index (χ1n) is 7.50. The van der Waals surface area contributed by atoms with Crippen molar-refractivity contribution in [1.29, 1.82) is 0 Å². The predicted octanol–water partition coefficient (Wildman–Crippen LogP) is 2.89. The maximum atomic E-state index is 12.7. The summed E-state index contributed by atoms with van der Waals surface area (Å²) >= 11 is 0. The van der Waals surface area contributed by atoms with Crippen LogP contribution in [0.3, 0.4) is 0 Å². The Morgan fingerprint density at radius 2 is 1.80 bits per heavy atom. The van der Waals surface area contributed by atoms with Crippen LogP contribution < -0.4 is 0 Å². The lowest BCUT2D eigenvalue weighted by Crippen LogP contribution is -2.49. The third-order valence-electron chi connectivity index (χ3n) is 4.73. The van der Waals surface area contributed by atoms with E-state index in [9.17, 15) is 15.0 Å². The molecule has 20 heavy (non-hydrogen) atoms. The molecule has 3 rings (SSSR count). The first kappa shape index (κ1) is 13.3. The van der Waals surface area contributed by atoms with Crippen molar-refractivity contribution >= 4 is 5.91 Å². The Morgan fingerprint density at radius 3 is 2.60 bits per heavy atom. The number of phenols is 2. The van der Waals surface area contributed by atoms with Crippen molar-refractivity contribution in [3.05, 3.63) is 23.8 Å². The van der Waals surface area contributed by atoms with E-state index in [4.69, 9.17) is 0 Å². The molecule has 1 amide bonds. The third-order valence-corrected chi connectivity index (χ3v) is 4.73. The second kappa shape index (κ2) is 5.35. The van der Waals surface area contributed by atoms with Crippen LogP contribution >= 0.6 is 0 Å². The van der Waals surface area contributed by atoms with Crippen molar-refractivity contribution in [1.82, 2.24) is 4.90 Å². The minimum absolute atomic E-state index is 0.0168. The van der Waals surface area contributed by atoms with Gasteiger partial charge in [-0.3, -0.25) is 4.79 Å². The highest BCUT2D eigenvalue weighted by atomic mass is 16.3. The predicted molar refractivity (Wildman–Crippen MR) is 75.8 cm³/mol. The molecular weight excluding hydrogens is 254 g/mol. The summed E-state index contributed by atoms with van der Waals surface area (Å²) in [6, 6.07) is 4.69. The lowest BCUT2D eigenvalue weighted by Gasteiger charge is -2.44. The molecule has 2 unspecified atom stereocenters. The molecule has 108 valence electrons. The molecule has 4 heteroatoms. The second-order valence-corrected chi connectivity index (χ2v) is 5.96. The van der Waals surface area contributed by atoms with Gasteiger partial charge in [0.1, 0.15) is 0 Å². The highest BCUT2D eigenvalue weighted by Gasteiger charge is 2.36. The molecule has 0 aromatic heterocycles. The molecule has 1 aromatic carbocycles. The number of fused-ring (bicyclic) bond motifs is 1. The molecular formula is C16H21NO3. The Bertz CT molecular complexity index is 512. The molecule has 0 radical (unpaired) electrons. The van der Waals surface area contributed by atoms with Gasteiger partial charge in [-0.25, -0.2) is 0 Å². The summed E-state index contributed by atoms with van der Waals surface area (Å²) in [5.74, 6) is 0.216. The van der Waals surface area contributed by atoms with Crippen molar-refractivity contribution in [3.63, 3.8) is 0 Å². The van der Waals surface area contributed by atoms with Crippen LogP contribution in [0.25, 0.3) is 0 Å². The van der Waals surface area contributed by atoms with Crippen LogP contribution in [0.2, 0.25) is 0 Å². The first-order chi connectivity index (χ1) is 9.66. The molecule has 0 bridgehead atoms. The number of aromatic hydroxyl groups is 2. The maximum absolute atomic E-state index is 12.7. The number of hydrogen-bond acceptors (Lipinski definition) is 3. The third kappa shape index (κ3) is 2.35. The number of carbonyl (C=O) groups is 1. The van der Waals surface area contributed by atoms with Gasteiger partial charge in [-0.15, -0.1) is 0 Å². The van der Waals surface area contributed by atoms with Crippen LogP contribution in [0.15, 0.2) is 18.2 Å². The zero-order valence-electron chi connectivity index (χ0n) is 11.6. The molecule has 2 fully saturated rings. The number of nitrogens with zero attached hydrogens (tertiary/aromatic N) is 1. The van der Waals surface area contributed by atoms with E-state index >= 15 is 0 Å². The van der Waals surface area contributed by atoms with E-state index in [1.54, 1.807) is 6.07 Å². The summed E-state index contributed by atoms with van der Waals surface area (Å²) in [4.78, 5) is 14.6. The van der Waals surface area contributed by atoms with Crippen LogP contribution in [0.5, 0.6) is 11.5 Å². The Labute approximate surface area is 119 Å². The highest BCUT2D eigenvalue weighted by Crippen LogP contribution is 2.36. The number of phenolic OH excluding ortho intramolecular Hbond substituents is 2. The van der Waals surface area contributed by atoms with Crippen LogP contribution in [0.1, 0.15) is 48.9 Å². The van der Waals surface area contributed by atoms with Gasteiger partial charge in [0.25, 0.3) is 5.91 Å². The van der Waals surface area contributed by atoms with Crippen molar-refractivity contribution < 1.29 is 15.0 Å². The van der Waals surface area contributed by atoms with Crippen LogP contribution in [0, 0.1) is 5.92 Å². The molecule has 0 spiro atoms. The van der Waals surface area contributed by atoms with E-state index in [0.717, 1.165) is 19.4 Å². The molecule has 1 aliphatic carbocycles. The van der Waals surface area contributed by atoms with Gasteiger partial charge in [-0.05, 0) is 49.8 Å². The summed E-state index contributed by atoms with van der Waals surface area (Å²) in [6.07, 6.45) is 7.11. The molecule has 2 aliphatic rings. The lowest BCUT2D eigenvalue weighted by molar-refractivity contribution is 0.0390. The molecule has 1 aliphatic heterocycles. The molecule has 2 atom stereocenters. The average molecular weight is 275 g/mol. The fraction of sp³-hybridized carbons (Fsp3) is 0.562. The van der Waals surface area contributed by atoms with Crippen molar-refractivity contribution in [3.8, 4) is 11.5 Å². The topological polar surface area (TPSA) is 60.8 Å². The quantitative estimate of drug-likeness (QED) is 0.775. The lowest BCUT2D eigenvalue weighted by atomic mass is 9.78. The van der Waals surface area contributed by atoms with Crippen molar-refractivity contribution in [2.45, 2.75) is 44.6 Å². The van der Waals surface area contributed by atoms with Crippen molar-refractivity contribution in [2.75, 3.05) is 6.54 Å². The molecule has 1 saturated carbocycles. The average Bonchev–Trinajstić information content (AvgIpc) is 2.49. The summed E-state index contributed by atoms with van der Waals surface area (Å²) in [5.41, 5.74) is 0.464. The summed E-state index contributed by atoms with van der Waals surface area (Å²) in [7, 11) is 0. The van der Waals surface area contributed by atoms with E-state index in [1.807, 2.05) is 4.90 Å². The van der Waals surface area contributed by atoms with E-state index in [-0.39, 0.29) is 17.4 Å². The Balaban J connectivity index is 1.83. The zero-order chi connectivity index (χ0) is 14.1. The largest absolute Gasteiger partial charge is 0.504 e. The highest BCUT2D eigenvalue weighted by molar-refractivity contribution is 5.95. The van der Waals surface area contributed by atoms with Gasteiger partial charge in [0.15, 0.2) is 11.5 Å². The first-order valence-corrected chi connectivity index (χ1v) is 7.50. The van der Waals surface area contributed by atoms with E-state index in [1.165, 1.54) is 37.8 Å². The van der Waals surface area contributed by atoms with Crippen LogP contribution in [-0.2, 0) is 0 Å². The summed E-state index contributed by atoms with van der Waals surface area (Å²) in [6.45, 7) is 0.807. The van der Waals surface area contributed by atoms with Crippen LogP contribution in [-0.4, -0.2) is 33.6 Å². The zero-order valence-corrected chi connectivity index (χ0v) is 11.6. The number of likely N-dealkylation sites (tertiary alicyclic amines) is 1. The summed E-state index contributed by atoms with van der Waals surface area (Å²) < 4.78 is 0. The Hall–Kier alpha value is -1.71. The van der Waals surface area contributed by atoms with Crippen LogP contribution in [0.4, 0.5) is 0 Å². The number of rotatable bonds is 1. The number of amides is 1. The number of benzene rings is 1. The summed E-state index contributed by atoms with van der Waals surface area (Å²) in [5, 5.41) is 18.9. The minimum atomic E-state index is -0.229. The van der Waals surface area contributed by atoms with Gasteiger partial charge in [0, 0.05) is 18.2 Å². The normalized spacial score (nSPS) is 26.1. The number of hydrogen-bond donors (Lipinski definition) is 2. The second-order valence-electron chi connectivity index (χ2n) is 5.96. The van der Waals surface area contributed by atoms with E-state index in [2.05, 4.69) is 0 Å². The van der Waals surface area contributed by atoms with Gasteiger partial charge < -0.3 is 15.1 Å². The minimum Gasteiger partial charge on any atom is -0.504 e. The monoisotopic (exact) mass is 275 g/mol. The van der Waals surface area contributed by atoms with Gasteiger partial charge in [0.2, 0.25) is 0 Å². The standard InChI is InChI=1S/C16H21NO3/c18-14-8-7-12(10-15(14)19)16(20)17-9-3-5-11-4-1-2-6-13(11)17/h7-8,10-11,13,18-19H,1-6,9H2. The van der Waals surface area contributed by atoms with Gasteiger partial charge in [-0.2, -0.15) is 0 Å². The molecule has 1 saturated heterocycles. The van der Waals surface area contributed by atoms with Crippen molar-refractivity contribution in [2.24, 2.45) is 5.92 Å². The van der Waals surface area contributed by atoms with E-state index in [0.29, 0.717) is 17.5 Å². The maximum Gasteiger partial charge on any atom is 0.254 e. The number of piperidine rings is 1. The number of carbonyl (C=O) groups excluding carboxylic acids is 1.